The van der Waals surface area contributed by atoms with Crippen molar-refractivity contribution in [2.24, 2.45) is 0 Å². The van der Waals surface area contributed by atoms with E-state index < -0.39 is 29.6 Å². The van der Waals surface area contributed by atoms with Crippen LogP contribution in [0.3, 0.4) is 0 Å². The number of carbonyl (C=O) groups excluding carboxylic acids is 2. The Bertz CT molecular complexity index is 1620. The molecule has 1 aliphatic heterocycles. The van der Waals surface area contributed by atoms with Gasteiger partial charge in [-0.2, -0.15) is 18.2 Å². The van der Waals surface area contributed by atoms with Gasteiger partial charge in [-0.15, -0.1) is 0 Å². The van der Waals surface area contributed by atoms with Crippen molar-refractivity contribution in [1.82, 2.24) is 25.5 Å². The summed E-state index contributed by atoms with van der Waals surface area (Å²) in [4.78, 5) is 35.8. The Kier molecular flexibility index (Phi) is 10.0. The molecule has 0 radical (unpaired) electrons. The Balaban J connectivity index is 1.15. The van der Waals surface area contributed by atoms with Crippen molar-refractivity contribution < 1.29 is 32.2 Å². The van der Waals surface area contributed by atoms with Gasteiger partial charge in [-0.3, -0.25) is 14.5 Å². The van der Waals surface area contributed by atoms with Gasteiger partial charge in [0.15, 0.2) is 0 Å². The monoisotopic (exact) mass is 667 g/mol. The molecule has 11 nitrogen and oxygen atoms in total. The molecule has 0 spiro atoms. The molecule has 1 aromatic heterocycles. The highest BCUT2D eigenvalue weighted by atomic mass is 19.4. The van der Waals surface area contributed by atoms with Gasteiger partial charge in [0.2, 0.25) is 11.9 Å². The minimum Gasteiger partial charge on any atom is -0.495 e. The number of halogens is 3. The van der Waals surface area contributed by atoms with E-state index in [0.717, 1.165) is 69.3 Å². The number of rotatable bonds is 9. The fourth-order valence-corrected chi connectivity index (χ4v) is 6.91. The Labute approximate surface area is 277 Å². The van der Waals surface area contributed by atoms with Gasteiger partial charge in [-0.1, -0.05) is 24.3 Å². The van der Waals surface area contributed by atoms with Crippen molar-refractivity contribution >= 4 is 29.3 Å². The fourth-order valence-electron chi connectivity index (χ4n) is 6.91. The summed E-state index contributed by atoms with van der Waals surface area (Å²) in [6.07, 6.45) is 0.193. The first-order chi connectivity index (χ1) is 23.1. The Morgan fingerprint density at radius 3 is 2.48 bits per heavy atom. The molecule has 6 rings (SSSR count). The Hall–Kier alpha value is -4.43. The highest BCUT2D eigenvalue weighted by molar-refractivity contribution is 5.95. The minimum atomic E-state index is -4.73. The number of hydrogen-bond acceptors (Lipinski definition) is 9. The second kappa shape index (κ2) is 14.4. The smallest absolute Gasteiger partial charge is 0.421 e. The first kappa shape index (κ1) is 33.5. The van der Waals surface area contributed by atoms with Crippen LogP contribution >= 0.6 is 0 Å². The van der Waals surface area contributed by atoms with E-state index in [0.29, 0.717) is 29.5 Å². The van der Waals surface area contributed by atoms with Crippen LogP contribution in [0.15, 0.2) is 48.7 Å². The molecule has 14 heteroatoms. The number of benzene rings is 2. The summed E-state index contributed by atoms with van der Waals surface area (Å²) >= 11 is 0. The van der Waals surface area contributed by atoms with Crippen molar-refractivity contribution in [2.45, 2.75) is 69.4 Å². The highest BCUT2D eigenvalue weighted by Gasteiger charge is 2.39. The van der Waals surface area contributed by atoms with Crippen LogP contribution in [0.25, 0.3) is 0 Å². The lowest BCUT2D eigenvalue weighted by Crippen LogP contribution is -2.47. The van der Waals surface area contributed by atoms with E-state index in [-0.39, 0.29) is 23.8 Å². The summed E-state index contributed by atoms with van der Waals surface area (Å²) < 4.78 is 53.3. The van der Waals surface area contributed by atoms with Crippen molar-refractivity contribution in [2.75, 3.05) is 44.0 Å². The number of morpholine rings is 1. The lowest BCUT2D eigenvalue weighted by molar-refractivity contribution is -0.137. The van der Waals surface area contributed by atoms with E-state index in [1.54, 1.807) is 18.2 Å². The molecule has 2 amide bonds. The van der Waals surface area contributed by atoms with Gasteiger partial charge in [0.25, 0.3) is 5.91 Å². The molecule has 0 unspecified atom stereocenters. The number of ether oxygens (including phenoxy) is 2. The molecule has 1 saturated carbocycles. The average molecular weight is 668 g/mol. The lowest BCUT2D eigenvalue weighted by atomic mass is 9.89. The molecule has 4 N–H and O–H groups in total. The van der Waals surface area contributed by atoms with E-state index in [1.165, 1.54) is 14.0 Å². The number of amides is 2. The zero-order valence-electron chi connectivity index (χ0n) is 26.9. The van der Waals surface area contributed by atoms with Crippen molar-refractivity contribution in [3.8, 4) is 5.75 Å². The predicted octanol–water partition coefficient (Wildman–Crippen LogP) is 4.83. The maximum absolute atomic E-state index is 14.1. The molecule has 3 aromatic rings. The maximum Gasteiger partial charge on any atom is 0.421 e. The number of methoxy groups -OCH3 is 1. The topological polar surface area (TPSA) is 130 Å². The molecule has 48 heavy (non-hydrogen) atoms. The average Bonchev–Trinajstić information content (AvgIpc) is 3.41. The maximum atomic E-state index is 14.1. The molecule has 2 aliphatic carbocycles. The van der Waals surface area contributed by atoms with E-state index in [4.69, 9.17) is 9.47 Å². The highest BCUT2D eigenvalue weighted by Crippen LogP contribution is 2.38. The third-order valence-corrected chi connectivity index (χ3v) is 9.31. The first-order valence-corrected chi connectivity index (χ1v) is 16.2. The van der Waals surface area contributed by atoms with Crippen molar-refractivity contribution in [3.05, 3.63) is 70.9 Å². The molecule has 0 bridgehead atoms. The molecule has 256 valence electrons. The quantitative estimate of drug-likeness (QED) is 0.254. The standard InChI is InChI=1S/C34H40F3N7O4/c1-20(45)39-30-25-6-4-3-5-21(25)17-28(30)41-31-26(34(35,36)37)19-38-33(43-31)42-27-12-7-22(18-29(27)47-2)32(46)40-23-8-10-24(11-9-23)44-13-15-48-16-14-44/h3-7,12,18-19,23-24,28,30H,8-11,13-17H2,1-2H3,(H,39,45)(H,40,46)(H2,38,41,42,43)/t23?,24?,28-,30-/m1/s1. The van der Waals surface area contributed by atoms with Gasteiger partial charge in [-0.25, -0.2) is 4.98 Å². The van der Waals surface area contributed by atoms with Gasteiger partial charge >= 0.3 is 6.18 Å². The van der Waals surface area contributed by atoms with Crippen LogP contribution in [0.2, 0.25) is 0 Å². The number of nitrogens with zero attached hydrogens (tertiary/aromatic N) is 3. The largest absolute Gasteiger partial charge is 0.495 e. The molecular formula is C34H40F3N7O4. The Morgan fingerprint density at radius 2 is 1.77 bits per heavy atom. The van der Waals surface area contributed by atoms with E-state index in [1.807, 2.05) is 24.3 Å². The number of aromatic nitrogens is 2. The molecule has 3 aliphatic rings. The molecule has 2 heterocycles. The van der Waals surface area contributed by atoms with Crippen molar-refractivity contribution in [1.29, 1.82) is 0 Å². The number of carbonyl (C=O) groups is 2. The van der Waals surface area contributed by atoms with E-state index in [9.17, 15) is 22.8 Å². The summed E-state index contributed by atoms with van der Waals surface area (Å²) in [5.74, 6) is -0.757. The van der Waals surface area contributed by atoms with Crippen LogP contribution in [-0.2, 0) is 22.1 Å². The van der Waals surface area contributed by atoms with E-state index >= 15 is 0 Å². The molecule has 2 fully saturated rings. The van der Waals surface area contributed by atoms with Crippen LogP contribution in [0.1, 0.15) is 65.7 Å². The zero-order chi connectivity index (χ0) is 33.8. The zero-order valence-corrected chi connectivity index (χ0v) is 26.9. The normalized spacial score (nSPS) is 22.8. The van der Waals surface area contributed by atoms with Gasteiger partial charge in [0.05, 0.1) is 38.1 Å². The van der Waals surface area contributed by atoms with Gasteiger partial charge in [0, 0.05) is 43.9 Å². The van der Waals surface area contributed by atoms with Gasteiger partial charge in [0.1, 0.15) is 17.1 Å². The minimum absolute atomic E-state index is 0.0722. The molecule has 2 aromatic carbocycles. The number of anilines is 3. The van der Waals surface area contributed by atoms with Gasteiger partial charge in [-0.05, 0) is 61.4 Å². The number of alkyl halides is 3. The number of fused-ring (bicyclic) bond motifs is 1. The van der Waals surface area contributed by atoms with Crippen LogP contribution in [0, 0.1) is 0 Å². The Morgan fingerprint density at radius 1 is 1.02 bits per heavy atom. The first-order valence-electron chi connectivity index (χ1n) is 16.2. The summed E-state index contributed by atoms with van der Waals surface area (Å²) in [5.41, 5.74) is 1.48. The summed E-state index contributed by atoms with van der Waals surface area (Å²) in [6.45, 7) is 4.80. The summed E-state index contributed by atoms with van der Waals surface area (Å²) in [5, 5.41) is 11.9. The fraction of sp³-hybridized carbons (Fsp3) is 0.471. The van der Waals surface area contributed by atoms with Crippen LogP contribution in [0.4, 0.5) is 30.6 Å². The summed E-state index contributed by atoms with van der Waals surface area (Å²) in [6, 6.07) is 11.7. The predicted molar refractivity (Wildman–Crippen MR) is 173 cm³/mol. The SMILES string of the molecule is COc1cc(C(=O)NC2CCC(N3CCOCC3)CC2)ccc1Nc1ncc(C(F)(F)F)c(N[C@@H]2Cc3ccccc3[C@H]2NC(C)=O)n1. The van der Waals surface area contributed by atoms with Crippen LogP contribution in [0.5, 0.6) is 5.75 Å². The second-order valence-corrected chi connectivity index (χ2v) is 12.5. The third kappa shape index (κ3) is 7.65. The molecular weight excluding hydrogens is 627 g/mol. The van der Waals surface area contributed by atoms with Crippen molar-refractivity contribution in [3.63, 3.8) is 0 Å². The molecule has 2 atom stereocenters. The van der Waals surface area contributed by atoms with Gasteiger partial charge < -0.3 is 30.7 Å². The lowest BCUT2D eigenvalue weighted by Gasteiger charge is -2.38. The third-order valence-electron chi connectivity index (χ3n) is 9.31. The second-order valence-electron chi connectivity index (χ2n) is 12.5. The summed E-state index contributed by atoms with van der Waals surface area (Å²) in [7, 11) is 1.44. The van der Waals surface area contributed by atoms with Crippen LogP contribution in [-0.4, -0.2) is 78.2 Å². The number of hydrogen-bond donors (Lipinski definition) is 4. The number of nitrogens with one attached hydrogen (secondary N) is 4. The van der Waals surface area contributed by atoms with E-state index in [2.05, 4.69) is 36.1 Å². The van der Waals surface area contributed by atoms with Crippen LogP contribution < -0.4 is 26.0 Å². The molecule has 1 saturated heterocycles.